The maximum Gasteiger partial charge on any atom is 0.250 e. The molecule has 0 saturated carbocycles. The minimum Gasteiger partial charge on any atom is -0.324 e. The zero-order chi connectivity index (χ0) is 22.5. The standard InChI is InChI=1S/C26H27N3O3/c1-13-7-10-18(15(3)12-13)29-23(30)20-19-6-5-11-28(19)26(21(20)24(29)31)17-9-8-14(2)16(4)22(17)27-25(26)32/h7-10,12,19-21H,5-6,11H2,1-4H3,(H,27,32). The number of fused-ring (bicyclic) bond motifs is 7. The summed E-state index contributed by atoms with van der Waals surface area (Å²) in [7, 11) is 0. The molecule has 6 nitrogen and oxygen atoms in total. The number of hydrogen-bond donors (Lipinski definition) is 1. The highest BCUT2D eigenvalue weighted by atomic mass is 16.2. The first-order chi connectivity index (χ1) is 15.3. The van der Waals surface area contributed by atoms with Crippen LogP contribution >= 0.6 is 0 Å². The van der Waals surface area contributed by atoms with Gasteiger partial charge in [0, 0.05) is 17.3 Å². The first-order valence-corrected chi connectivity index (χ1v) is 11.4. The summed E-state index contributed by atoms with van der Waals surface area (Å²) in [5, 5.41) is 3.11. The highest BCUT2D eigenvalue weighted by Gasteiger charge is 2.74. The molecule has 0 radical (unpaired) electrons. The van der Waals surface area contributed by atoms with E-state index in [1.54, 1.807) is 0 Å². The van der Waals surface area contributed by atoms with E-state index in [0.717, 1.165) is 52.9 Å². The molecular weight excluding hydrogens is 402 g/mol. The number of imide groups is 1. The van der Waals surface area contributed by atoms with Crippen molar-refractivity contribution >= 4 is 29.1 Å². The molecule has 0 aromatic heterocycles. The van der Waals surface area contributed by atoms with Crippen molar-refractivity contribution in [1.82, 2.24) is 4.90 Å². The van der Waals surface area contributed by atoms with Crippen LogP contribution in [-0.4, -0.2) is 35.2 Å². The Morgan fingerprint density at radius 2 is 1.75 bits per heavy atom. The molecule has 4 aliphatic heterocycles. The Hall–Kier alpha value is -2.99. The number of aryl methyl sites for hydroxylation is 3. The SMILES string of the molecule is Cc1ccc(N2C(=O)C3C4CCCN4C4(C(=O)Nc5c4ccc(C)c5C)C3C2=O)c(C)c1. The Morgan fingerprint density at radius 3 is 2.50 bits per heavy atom. The summed E-state index contributed by atoms with van der Waals surface area (Å²) in [6.07, 6.45) is 1.75. The molecule has 6 rings (SSSR count). The molecular formula is C26H27N3O3. The maximum atomic E-state index is 14.0. The van der Waals surface area contributed by atoms with Gasteiger partial charge in [-0.3, -0.25) is 19.3 Å². The third-order valence-corrected chi connectivity index (χ3v) is 8.29. The predicted octanol–water partition coefficient (Wildman–Crippen LogP) is 3.35. The lowest BCUT2D eigenvalue weighted by Crippen LogP contribution is -2.54. The minimum absolute atomic E-state index is 0.0921. The van der Waals surface area contributed by atoms with Crippen LogP contribution in [0.15, 0.2) is 30.3 Å². The van der Waals surface area contributed by atoms with Crippen molar-refractivity contribution in [2.75, 3.05) is 16.8 Å². The number of nitrogens with zero attached hydrogens (tertiary/aromatic N) is 2. The van der Waals surface area contributed by atoms with Crippen molar-refractivity contribution in [1.29, 1.82) is 0 Å². The van der Waals surface area contributed by atoms with Crippen LogP contribution in [0.2, 0.25) is 0 Å². The molecule has 4 aliphatic rings. The summed E-state index contributed by atoms with van der Waals surface area (Å²) in [5.74, 6) is -1.77. The van der Waals surface area contributed by atoms with Gasteiger partial charge >= 0.3 is 0 Å². The first kappa shape index (κ1) is 19.7. The number of hydrogen-bond acceptors (Lipinski definition) is 4. The minimum atomic E-state index is -1.11. The summed E-state index contributed by atoms with van der Waals surface area (Å²) < 4.78 is 0. The molecule has 3 amide bonds. The van der Waals surface area contributed by atoms with E-state index in [0.29, 0.717) is 5.69 Å². The third kappa shape index (κ3) is 2.11. The van der Waals surface area contributed by atoms with Gasteiger partial charge in [0.2, 0.25) is 17.7 Å². The molecule has 3 fully saturated rings. The van der Waals surface area contributed by atoms with Gasteiger partial charge in [-0.2, -0.15) is 0 Å². The monoisotopic (exact) mass is 429 g/mol. The Balaban J connectivity index is 1.57. The normalized spacial score (nSPS) is 30.8. The van der Waals surface area contributed by atoms with Gasteiger partial charge in [-0.25, -0.2) is 4.90 Å². The zero-order valence-electron chi connectivity index (χ0n) is 18.9. The topological polar surface area (TPSA) is 69.7 Å². The zero-order valence-corrected chi connectivity index (χ0v) is 18.9. The number of anilines is 2. The number of carbonyl (C=O) groups is 3. The summed E-state index contributed by atoms with van der Waals surface area (Å²) in [6.45, 7) is 8.68. The lowest BCUT2D eigenvalue weighted by atomic mass is 9.75. The van der Waals surface area contributed by atoms with Gasteiger partial charge in [0.1, 0.15) is 5.54 Å². The fourth-order valence-corrected chi connectivity index (χ4v) is 6.81. The molecule has 2 aromatic carbocycles. The second-order valence-electron chi connectivity index (χ2n) is 9.86. The van der Waals surface area contributed by atoms with Crippen LogP contribution in [0.1, 0.15) is 40.7 Å². The number of benzene rings is 2. The molecule has 1 spiro atoms. The lowest BCUT2D eigenvalue weighted by molar-refractivity contribution is -0.135. The van der Waals surface area contributed by atoms with Gasteiger partial charge in [0.15, 0.2) is 0 Å². The van der Waals surface area contributed by atoms with Gasteiger partial charge in [-0.1, -0.05) is 29.8 Å². The average molecular weight is 430 g/mol. The van der Waals surface area contributed by atoms with Crippen molar-refractivity contribution < 1.29 is 14.4 Å². The number of amides is 3. The second-order valence-corrected chi connectivity index (χ2v) is 9.86. The summed E-state index contributed by atoms with van der Waals surface area (Å²) in [6, 6.07) is 9.70. The van der Waals surface area contributed by atoms with Gasteiger partial charge in [0.05, 0.1) is 17.5 Å². The molecule has 4 unspecified atom stereocenters. The summed E-state index contributed by atoms with van der Waals surface area (Å²) in [5.41, 5.74) is 5.29. The Labute approximate surface area is 187 Å². The molecule has 4 atom stereocenters. The first-order valence-electron chi connectivity index (χ1n) is 11.4. The fourth-order valence-electron chi connectivity index (χ4n) is 6.81. The Kier molecular flexibility index (Phi) is 3.87. The average Bonchev–Trinajstić information content (AvgIpc) is 3.45. The maximum absolute atomic E-state index is 14.0. The van der Waals surface area contributed by atoms with E-state index in [1.807, 2.05) is 58.0 Å². The van der Waals surface area contributed by atoms with E-state index in [2.05, 4.69) is 10.2 Å². The van der Waals surface area contributed by atoms with Gasteiger partial charge in [-0.05, 0) is 69.8 Å². The van der Waals surface area contributed by atoms with Crippen LogP contribution in [0.5, 0.6) is 0 Å². The van der Waals surface area contributed by atoms with Crippen molar-refractivity contribution in [2.45, 2.75) is 52.1 Å². The molecule has 1 N–H and O–H groups in total. The summed E-state index contributed by atoms with van der Waals surface area (Å²) in [4.78, 5) is 45.2. The smallest absolute Gasteiger partial charge is 0.250 e. The van der Waals surface area contributed by atoms with Crippen molar-refractivity contribution in [3.63, 3.8) is 0 Å². The fraction of sp³-hybridized carbons (Fsp3) is 0.423. The van der Waals surface area contributed by atoms with E-state index < -0.39 is 17.4 Å². The van der Waals surface area contributed by atoms with Crippen LogP contribution in [0.25, 0.3) is 0 Å². The van der Waals surface area contributed by atoms with Crippen molar-refractivity contribution in [3.05, 3.63) is 58.1 Å². The Bertz CT molecular complexity index is 1240. The van der Waals surface area contributed by atoms with Gasteiger partial charge in [-0.15, -0.1) is 0 Å². The molecule has 164 valence electrons. The van der Waals surface area contributed by atoms with Gasteiger partial charge < -0.3 is 5.32 Å². The third-order valence-electron chi connectivity index (χ3n) is 8.29. The van der Waals surface area contributed by atoms with E-state index in [1.165, 1.54) is 4.90 Å². The van der Waals surface area contributed by atoms with E-state index in [9.17, 15) is 14.4 Å². The lowest BCUT2D eigenvalue weighted by Gasteiger charge is -2.36. The largest absolute Gasteiger partial charge is 0.324 e. The second kappa shape index (κ2) is 6.29. The molecule has 2 aromatic rings. The predicted molar refractivity (Wildman–Crippen MR) is 121 cm³/mol. The highest BCUT2D eigenvalue weighted by molar-refractivity contribution is 6.26. The number of carbonyl (C=O) groups excluding carboxylic acids is 3. The molecule has 4 heterocycles. The van der Waals surface area contributed by atoms with E-state index in [-0.39, 0.29) is 23.8 Å². The molecule has 0 bridgehead atoms. The van der Waals surface area contributed by atoms with Crippen LogP contribution < -0.4 is 10.2 Å². The quantitative estimate of drug-likeness (QED) is 0.706. The van der Waals surface area contributed by atoms with Crippen LogP contribution in [-0.2, 0) is 19.9 Å². The number of nitrogens with one attached hydrogen (secondary N) is 1. The van der Waals surface area contributed by atoms with E-state index in [4.69, 9.17) is 0 Å². The molecule has 3 saturated heterocycles. The highest BCUT2D eigenvalue weighted by Crippen LogP contribution is 2.61. The van der Waals surface area contributed by atoms with Crippen LogP contribution in [0, 0.1) is 39.5 Å². The van der Waals surface area contributed by atoms with Crippen LogP contribution in [0.4, 0.5) is 11.4 Å². The van der Waals surface area contributed by atoms with Gasteiger partial charge in [0.25, 0.3) is 0 Å². The molecule has 0 aliphatic carbocycles. The molecule has 6 heteroatoms. The van der Waals surface area contributed by atoms with Crippen molar-refractivity contribution in [2.24, 2.45) is 11.8 Å². The summed E-state index contributed by atoms with van der Waals surface area (Å²) >= 11 is 0. The molecule has 32 heavy (non-hydrogen) atoms. The number of rotatable bonds is 1. The van der Waals surface area contributed by atoms with Crippen LogP contribution in [0.3, 0.4) is 0 Å². The Morgan fingerprint density at radius 1 is 0.969 bits per heavy atom. The van der Waals surface area contributed by atoms with Crippen molar-refractivity contribution in [3.8, 4) is 0 Å². The van der Waals surface area contributed by atoms with E-state index >= 15 is 0 Å².